The van der Waals surface area contributed by atoms with E-state index in [2.05, 4.69) is 15.9 Å². The molecular weight excluding hydrogens is 282 g/mol. The molecule has 0 spiro atoms. The van der Waals surface area contributed by atoms with Crippen LogP contribution in [-0.4, -0.2) is 24.7 Å². The Hall–Kier alpha value is -0.870. The zero-order valence-corrected chi connectivity index (χ0v) is 11.4. The molecule has 92 valence electrons. The van der Waals surface area contributed by atoms with Crippen LogP contribution in [0, 0.1) is 5.41 Å². The van der Waals surface area contributed by atoms with Crippen LogP contribution in [-0.2, 0) is 4.79 Å². The summed E-state index contributed by atoms with van der Waals surface area (Å²) in [7, 11) is 1.77. The Bertz CT molecular complexity index is 406. The fourth-order valence-electron chi connectivity index (χ4n) is 2.18. The van der Waals surface area contributed by atoms with E-state index >= 15 is 0 Å². The van der Waals surface area contributed by atoms with E-state index in [1.54, 1.807) is 11.9 Å². The van der Waals surface area contributed by atoms with Crippen LogP contribution in [0.2, 0.25) is 0 Å². The van der Waals surface area contributed by atoms with E-state index in [0.29, 0.717) is 0 Å². The highest BCUT2D eigenvalue weighted by atomic mass is 79.9. The van der Waals surface area contributed by atoms with Gasteiger partial charge in [0.2, 0.25) is 5.91 Å². The van der Waals surface area contributed by atoms with Gasteiger partial charge in [-0.25, -0.2) is 0 Å². The van der Waals surface area contributed by atoms with Crippen molar-refractivity contribution in [3.63, 3.8) is 0 Å². The van der Waals surface area contributed by atoms with Gasteiger partial charge in [-0.1, -0.05) is 22.4 Å². The van der Waals surface area contributed by atoms with Crippen molar-refractivity contribution in [3.05, 3.63) is 28.7 Å². The molecule has 1 aliphatic carbocycles. The molecule has 1 saturated carbocycles. The molecule has 1 N–H and O–H groups in total. The van der Waals surface area contributed by atoms with Gasteiger partial charge in [-0.2, -0.15) is 0 Å². The Morgan fingerprint density at radius 2 is 2.00 bits per heavy atom. The van der Waals surface area contributed by atoms with Gasteiger partial charge in [0.1, 0.15) is 0 Å². The summed E-state index contributed by atoms with van der Waals surface area (Å²) in [4.78, 5) is 14.0. The molecule has 1 aliphatic rings. The summed E-state index contributed by atoms with van der Waals surface area (Å²) in [6.45, 7) is -0.0489. The molecule has 1 aromatic carbocycles. The highest BCUT2D eigenvalue weighted by Gasteiger charge is 2.45. The van der Waals surface area contributed by atoms with Gasteiger partial charge in [0, 0.05) is 17.2 Å². The van der Waals surface area contributed by atoms with Gasteiger partial charge in [-0.05, 0) is 37.1 Å². The minimum absolute atomic E-state index is 0.0218. The van der Waals surface area contributed by atoms with Crippen LogP contribution in [0.25, 0.3) is 0 Å². The van der Waals surface area contributed by atoms with Crippen LogP contribution in [0.15, 0.2) is 28.7 Å². The van der Waals surface area contributed by atoms with Gasteiger partial charge < -0.3 is 10.0 Å². The number of anilines is 1. The number of carbonyl (C=O) groups excluding carboxylic acids is 1. The van der Waals surface area contributed by atoms with Gasteiger partial charge in [0.15, 0.2) is 0 Å². The number of aliphatic hydroxyl groups excluding tert-OH is 1. The molecule has 17 heavy (non-hydrogen) atoms. The molecule has 0 radical (unpaired) electrons. The molecule has 0 atom stereocenters. The lowest BCUT2D eigenvalue weighted by molar-refractivity contribution is -0.136. The van der Waals surface area contributed by atoms with Crippen LogP contribution in [0.5, 0.6) is 0 Å². The number of benzene rings is 1. The molecule has 0 aromatic heterocycles. The van der Waals surface area contributed by atoms with Crippen molar-refractivity contribution in [2.45, 2.75) is 19.3 Å². The quantitative estimate of drug-likeness (QED) is 0.931. The van der Waals surface area contributed by atoms with Crippen LogP contribution in [0.4, 0.5) is 5.69 Å². The Labute approximate surface area is 110 Å². The number of nitrogens with zero attached hydrogens (tertiary/aromatic N) is 1. The first kappa shape index (κ1) is 12.6. The third-order valence-corrected chi connectivity index (χ3v) is 4.11. The largest absolute Gasteiger partial charge is 0.395 e. The van der Waals surface area contributed by atoms with Gasteiger partial charge >= 0.3 is 0 Å². The topological polar surface area (TPSA) is 40.5 Å². The minimum Gasteiger partial charge on any atom is -0.395 e. The second-order valence-electron chi connectivity index (χ2n) is 4.63. The molecule has 2 rings (SSSR count). The third kappa shape index (κ3) is 2.24. The number of amides is 1. The lowest BCUT2D eigenvalue weighted by Gasteiger charge is -2.41. The molecular formula is C13H16BrNO2. The molecule has 0 heterocycles. The lowest BCUT2D eigenvalue weighted by Crippen LogP contribution is -2.49. The standard InChI is InChI=1S/C13H16BrNO2/c1-15(11-5-3-10(14)4-6-11)12(17)13(9-16)7-2-8-13/h3-6,16H,2,7-9H2,1H3. The molecule has 1 amide bonds. The molecule has 4 heteroatoms. The first-order valence-corrected chi connectivity index (χ1v) is 6.53. The first-order valence-electron chi connectivity index (χ1n) is 5.74. The van der Waals surface area contributed by atoms with Crippen molar-refractivity contribution in [1.29, 1.82) is 0 Å². The highest BCUT2D eigenvalue weighted by Crippen LogP contribution is 2.42. The Balaban J connectivity index is 2.17. The van der Waals surface area contributed by atoms with Crippen molar-refractivity contribution < 1.29 is 9.90 Å². The number of rotatable bonds is 3. The number of aliphatic hydroxyl groups is 1. The van der Waals surface area contributed by atoms with E-state index in [4.69, 9.17) is 0 Å². The van der Waals surface area contributed by atoms with Crippen molar-refractivity contribution in [2.75, 3.05) is 18.6 Å². The summed E-state index contributed by atoms with van der Waals surface area (Å²) in [6, 6.07) is 7.61. The van der Waals surface area contributed by atoms with E-state index in [9.17, 15) is 9.90 Å². The van der Waals surface area contributed by atoms with E-state index < -0.39 is 5.41 Å². The average molecular weight is 298 g/mol. The van der Waals surface area contributed by atoms with Gasteiger partial charge in [-0.15, -0.1) is 0 Å². The molecule has 0 aliphatic heterocycles. The summed E-state index contributed by atoms with van der Waals surface area (Å²) < 4.78 is 0.989. The highest BCUT2D eigenvalue weighted by molar-refractivity contribution is 9.10. The Morgan fingerprint density at radius 1 is 1.41 bits per heavy atom. The molecule has 1 aromatic rings. The SMILES string of the molecule is CN(C(=O)C1(CO)CCC1)c1ccc(Br)cc1. The van der Waals surface area contributed by atoms with E-state index in [0.717, 1.165) is 29.4 Å². The maximum Gasteiger partial charge on any atom is 0.235 e. The van der Waals surface area contributed by atoms with E-state index in [1.807, 2.05) is 24.3 Å². The fourth-order valence-corrected chi connectivity index (χ4v) is 2.45. The van der Waals surface area contributed by atoms with Crippen LogP contribution >= 0.6 is 15.9 Å². The lowest BCUT2D eigenvalue weighted by atomic mass is 9.68. The van der Waals surface area contributed by atoms with E-state index in [1.165, 1.54) is 0 Å². The second kappa shape index (κ2) is 4.78. The number of carbonyl (C=O) groups is 1. The fraction of sp³-hybridized carbons (Fsp3) is 0.462. The molecule has 0 unspecified atom stereocenters. The van der Waals surface area contributed by atoms with Gasteiger partial charge in [-0.3, -0.25) is 4.79 Å². The summed E-state index contributed by atoms with van der Waals surface area (Å²) in [5, 5.41) is 9.39. The second-order valence-corrected chi connectivity index (χ2v) is 5.55. The third-order valence-electron chi connectivity index (χ3n) is 3.59. The van der Waals surface area contributed by atoms with Gasteiger partial charge in [0.05, 0.1) is 12.0 Å². The smallest absolute Gasteiger partial charge is 0.235 e. The van der Waals surface area contributed by atoms with Crippen molar-refractivity contribution in [3.8, 4) is 0 Å². The summed E-state index contributed by atoms with van der Waals surface area (Å²) >= 11 is 3.37. The molecule has 3 nitrogen and oxygen atoms in total. The predicted octanol–water partition coefficient (Wildman–Crippen LogP) is 2.57. The molecule has 0 bridgehead atoms. The average Bonchev–Trinajstić information content (AvgIpc) is 2.28. The zero-order chi connectivity index (χ0) is 12.5. The monoisotopic (exact) mass is 297 g/mol. The molecule has 0 saturated heterocycles. The number of halogens is 1. The zero-order valence-electron chi connectivity index (χ0n) is 9.82. The van der Waals surface area contributed by atoms with Crippen molar-refractivity contribution >= 4 is 27.5 Å². The van der Waals surface area contributed by atoms with Crippen LogP contribution in [0.1, 0.15) is 19.3 Å². The van der Waals surface area contributed by atoms with Crippen molar-refractivity contribution in [2.24, 2.45) is 5.41 Å². The van der Waals surface area contributed by atoms with Crippen LogP contribution in [0.3, 0.4) is 0 Å². The normalized spacial score (nSPS) is 17.4. The van der Waals surface area contributed by atoms with E-state index in [-0.39, 0.29) is 12.5 Å². The van der Waals surface area contributed by atoms with Gasteiger partial charge in [0.25, 0.3) is 0 Å². The first-order chi connectivity index (χ1) is 8.09. The predicted molar refractivity (Wildman–Crippen MR) is 70.9 cm³/mol. The summed E-state index contributed by atoms with van der Waals surface area (Å²) in [5.74, 6) is 0.0218. The molecule has 1 fully saturated rings. The van der Waals surface area contributed by atoms with Crippen molar-refractivity contribution in [1.82, 2.24) is 0 Å². The Kier molecular flexibility index (Phi) is 3.54. The maximum atomic E-state index is 12.3. The summed E-state index contributed by atoms with van der Waals surface area (Å²) in [6.07, 6.45) is 2.62. The Morgan fingerprint density at radius 3 is 2.41 bits per heavy atom. The number of hydrogen-bond acceptors (Lipinski definition) is 2. The van der Waals surface area contributed by atoms with Crippen LogP contribution < -0.4 is 4.90 Å². The number of hydrogen-bond donors (Lipinski definition) is 1. The maximum absolute atomic E-state index is 12.3. The summed E-state index contributed by atoms with van der Waals surface area (Å²) in [5.41, 5.74) is 0.333. The minimum atomic E-state index is -0.526.